The van der Waals surface area contributed by atoms with Crippen LogP contribution in [0.5, 0.6) is 0 Å². The van der Waals surface area contributed by atoms with E-state index < -0.39 is 0 Å². The zero-order chi connectivity index (χ0) is 8.85. The molecule has 0 heterocycles. The van der Waals surface area contributed by atoms with Crippen LogP contribution in [0.3, 0.4) is 0 Å². The highest BCUT2D eigenvalue weighted by Crippen LogP contribution is 2.15. The molecule has 11 heavy (non-hydrogen) atoms. The minimum atomic E-state index is 0.613. The highest BCUT2D eigenvalue weighted by molar-refractivity contribution is 4.94. The van der Waals surface area contributed by atoms with Crippen molar-refractivity contribution in [3.05, 3.63) is 12.3 Å². The molecule has 1 nitrogen and oxygen atoms in total. The molecule has 1 heteroatoms. The summed E-state index contributed by atoms with van der Waals surface area (Å²) in [6.07, 6.45) is 2.54. The Bertz CT molecular complexity index is 116. The van der Waals surface area contributed by atoms with Crippen LogP contribution >= 0.6 is 0 Å². The van der Waals surface area contributed by atoms with E-state index in [2.05, 4.69) is 32.7 Å². The van der Waals surface area contributed by atoms with E-state index in [1.165, 1.54) is 12.8 Å². The first-order valence-corrected chi connectivity index (χ1v) is 4.44. The van der Waals surface area contributed by atoms with Crippen LogP contribution in [0, 0.1) is 11.8 Å². The van der Waals surface area contributed by atoms with Crippen LogP contribution in [0.4, 0.5) is 0 Å². The molecule has 0 aliphatic carbocycles. The summed E-state index contributed by atoms with van der Waals surface area (Å²) < 4.78 is 0. The van der Waals surface area contributed by atoms with Crippen LogP contribution in [0.15, 0.2) is 12.3 Å². The molecule has 1 unspecified atom stereocenters. The van der Waals surface area contributed by atoms with E-state index >= 15 is 0 Å². The zero-order valence-corrected chi connectivity index (χ0v) is 8.28. The quantitative estimate of drug-likeness (QED) is 0.643. The Balaban J connectivity index is 3.52. The lowest BCUT2D eigenvalue weighted by Crippen LogP contribution is -2.13. The van der Waals surface area contributed by atoms with Crippen molar-refractivity contribution < 1.29 is 0 Å². The van der Waals surface area contributed by atoms with Gasteiger partial charge in [0, 0.05) is 12.7 Å². The molecular formula is C10H21N. The van der Waals surface area contributed by atoms with Crippen LogP contribution in [0.1, 0.15) is 33.6 Å². The van der Waals surface area contributed by atoms with Crippen molar-refractivity contribution in [3.63, 3.8) is 0 Å². The van der Waals surface area contributed by atoms with Gasteiger partial charge in [-0.2, -0.15) is 0 Å². The zero-order valence-electron chi connectivity index (χ0n) is 8.28. The molecule has 0 saturated heterocycles. The van der Waals surface area contributed by atoms with Crippen molar-refractivity contribution in [1.82, 2.24) is 5.32 Å². The maximum Gasteiger partial charge on any atom is 0.00597 e. The van der Waals surface area contributed by atoms with Crippen molar-refractivity contribution >= 4 is 0 Å². The van der Waals surface area contributed by atoms with Gasteiger partial charge >= 0.3 is 0 Å². The van der Waals surface area contributed by atoms with E-state index in [1.807, 2.05) is 7.05 Å². The van der Waals surface area contributed by atoms with Gasteiger partial charge in [0.2, 0.25) is 0 Å². The largest absolute Gasteiger partial charge is 0.392 e. The van der Waals surface area contributed by atoms with Gasteiger partial charge in [-0.05, 0) is 18.3 Å². The summed E-state index contributed by atoms with van der Waals surface area (Å²) >= 11 is 0. The third-order valence-corrected chi connectivity index (χ3v) is 2.09. The lowest BCUT2D eigenvalue weighted by atomic mass is 9.97. The van der Waals surface area contributed by atoms with Gasteiger partial charge in [0.25, 0.3) is 0 Å². The van der Waals surface area contributed by atoms with Crippen molar-refractivity contribution in [1.29, 1.82) is 0 Å². The Morgan fingerprint density at radius 2 is 1.82 bits per heavy atom. The first kappa shape index (κ1) is 10.5. The van der Waals surface area contributed by atoms with Gasteiger partial charge in [-0.25, -0.2) is 0 Å². The molecule has 0 saturated carbocycles. The Kier molecular flexibility index (Phi) is 5.01. The monoisotopic (exact) mass is 155 g/mol. The van der Waals surface area contributed by atoms with Crippen molar-refractivity contribution in [3.8, 4) is 0 Å². The summed E-state index contributed by atoms with van der Waals surface area (Å²) in [5, 5.41) is 3.09. The van der Waals surface area contributed by atoms with Crippen LogP contribution in [0.25, 0.3) is 0 Å². The minimum absolute atomic E-state index is 0.613. The van der Waals surface area contributed by atoms with Gasteiger partial charge in [-0.1, -0.05) is 33.8 Å². The molecule has 0 aromatic carbocycles. The maximum atomic E-state index is 3.94. The number of hydrogen-bond donors (Lipinski definition) is 1. The minimum Gasteiger partial charge on any atom is -0.392 e. The van der Waals surface area contributed by atoms with Crippen molar-refractivity contribution in [2.45, 2.75) is 33.6 Å². The third-order valence-electron chi connectivity index (χ3n) is 2.09. The standard InChI is InChI=1S/C10H21N/c1-8(2)6-7-9(3)10(4)11-5/h8-9,11H,4,6-7H2,1-3,5H3. The molecule has 1 N–H and O–H groups in total. The Hall–Kier alpha value is -0.460. The van der Waals surface area contributed by atoms with Crippen molar-refractivity contribution in [2.75, 3.05) is 7.05 Å². The molecular weight excluding hydrogens is 134 g/mol. The van der Waals surface area contributed by atoms with Gasteiger partial charge in [-0.3, -0.25) is 0 Å². The Labute approximate surface area is 70.9 Å². The van der Waals surface area contributed by atoms with E-state index in [-0.39, 0.29) is 0 Å². The van der Waals surface area contributed by atoms with Gasteiger partial charge < -0.3 is 5.32 Å². The van der Waals surface area contributed by atoms with Gasteiger partial charge in [0.15, 0.2) is 0 Å². The molecule has 0 aliphatic heterocycles. The molecule has 0 fully saturated rings. The van der Waals surface area contributed by atoms with Crippen LogP contribution in [-0.2, 0) is 0 Å². The van der Waals surface area contributed by atoms with Crippen LogP contribution in [0.2, 0.25) is 0 Å². The molecule has 1 atom stereocenters. The van der Waals surface area contributed by atoms with Gasteiger partial charge in [0.1, 0.15) is 0 Å². The predicted molar refractivity (Wildman–Crippen MR) is 51.4 cm³/mol. The first-order valence-electron chi connectivity index (χ1n) is 4.44. The van der Waals surface area contributed by atoms with Gasteiger partial charge in [-0.15, -0.1) is 0 Å². The van der Waals surface area contributed by atoms with E-state index in [1.54, 1.807) is 0 Å². The number of nitrogens with one attached hydrogen (secondary N) is 1. The van der Waals surface area contributed by atoms with Gasteiger partial charge in [0.05, 0.1) is 0 Å². The van der Waals surface area contributed by atoms with Crippen LogP contribution in [-0.4, -0.2) is 7.05 Å². The Morgan fingerprint density at radius 3 is 2.18 bits per heavy atom. The fourth-order valence-electron chi connectivity index (χ4n) is 1.00. The second-order valence-electron chi connectivity index (χ2n) is 3.65. The molecule has 0 amide bonds. The smallest absolute Gasteiger partial charge is 0.00597 e. The van der Waals surface area contributed by atoms with Crippen molar-refractivity contribution in [2.24, 2.45) is 11.8 Å². The molecule has 0 spiro atoms. The SMILES string of the molecule is C=C(NC)C(C)CCC(C)C. The Morgan fingerprint density at radius 1 is 1.27 bits per heavy atom. The summed E-state index contributed by atoms with van der Waals surface area (Å²) in [4.78, 5) is 0. The molecule has 0 aromatic rings. The summed E-state index contributed by atoms with van der Waals surface area (Å²) in [6, 6.07) is 0. The molecule has 0 aromatic heterocycles. The average molecular weight is 155 g/mol. The average Bonchev–Trinajstić information content (AvgIpc) is 1.98. The second-order valence-corrected chi connectivity index (χ2v) is 3.65. The highest BCUT2D eigenvalue weighted by Gasteiger charge is 2.05. The molecule has 0 radical (unpaired) electrons. The number of hydrogen-bond acceptors (Lipinski definition) is 1. The normalized spacial score (nSPS) is 13.2. The lowest BCUT2D eigenvalue weighted by molar-refractivity contribution is 0.478. The summed E-state index contributed by atoms with van der Waals surface area (Å²) in [5.41, 5.74) is 1.16. The fourth-order valence-corrected chi connectivity index (χ4v) is 1.00. The molecule has 0 rings (SSSR count). The van der Waals surface area contributed by atoms with E-state index in [0.717, 1.165) is 11.6 Å². The van der Waals surface area contributed by atoms with E-state index in [9.17, 15) is 0 Å². The first-order chi connectivity index (χ1) is 5.07. The summed E-state index contributed by atoms with van der Waals surface area (Å²) in [6.45, 7) is 10.7. The van der Waals surface area contributed by atoms with E-state index in [0.29, 0.717) is 5.92 Å². The number of allylic oxidation sites excluding steroid dienone is 1. The van der Waals surface area contributed by atoms with Crippen LogP contribution < -0.4 is 5.32 Å². The topological polar surface area (TPSA) is 12.0 Å². The summed E-state index contributed by atoms with van der Waals surface area (Å²) in [5.74, 6) is 1.42. The highest BCUT2D eigenvalue weighted by atomic mass is 14.8. The third kappa shape index (κ3) is 4.88. The molecule has 0 bridgehead atoms. The predicted octanol–water partition coefficient (Wildman–Crippen LogP) is 2.79. The second kappa shape index (κ2) is 5.22. The maximum absolute atomic E-state index is 3.94. The fraction of sp³-hybridized carbons (Fsp3) is 0.800. The molecule has 0 aliphatic rings. The lowest BCUT2D eigenvalue weighted by Gasteiger charge is -2.15. The van der Waals surface area contributed by atoms with E-state index in [4.69, 9.17) is 0 Å². The summed E-state index contributed by atoms with van der Waals surface area (Å²) in [7, 11) is 1.94. The number of rotatable bonds is 5. The molecule has 66 valence electrons.